The highest BCUT2D eigenvalue weighted by Gasteiger charge is 2.20. The summed E-state index contributed by atoms with van der Waals surface area (Å²) >= 11 is 0. The van der Waals surface area contributed by atoms with Crippen molar-refractivity contribution < 1.29 is 4.79 Å². The maximum atomic E-state index is 11.9. The van der Waals surface area contributed by atoms with E-state index in [1.165, 1.54) is 12.0 Å². The molecule has 1 nitrogen and oxygen atoms in total. The molecule has 0 aromatic heterocycles. The lowest BCUT2D eigenvalue weighted by Gasteiger charge is -2.08. The van der Waals surface area contributed by atoms with Crippen LogP contribution in [0, 0.1) is 5.92 Å². The number of benzene rings is 1. The molecular weight excluding hydrogens is 172 g/mol. The SMILES string of the molecule is CCC1CCc2ccccc2C(=O)C1. The minimum Gasteiger partial charge on any atom is -0.294 e. The van der Waals surface area contributed by atoms with Gasteiger partial charge in [0, 0.05) is 12.0 Å². The normalized spacial score (nSPS) is 21.5. The molecule has 2 rings (SSSR count). The molecule has 1 aliphatic rings. The summed E-state index contributed by atoms with van der Waals surface area (Å²) in [6, 6.07) is 8.04. The fourth-order valence-electron chi connectivity index (χ4n) is 2.19. The second-order valence-corrected chi connectivity index (χ2v) is 4.10. The number of carbonyl (C=O) groups excluding carboxylic acids is 1. The first kappa shape index (κ1) is 9.45. The fourth-order valence-corrected chi connectivity index (χ4v) is 2.19. The van der Waals surface area contributed by atoms with Crippen LogP contribution in [-0.2, 0) is 6.42 Å². The van der Waals surface area contributed by atoms with Gasteiger partial charge in [-0.15, -0.1) is 0 Å². The van der Waals surface area contributed by atoms with Crippen LogP contribution in [0.15, 0.2) is 24.3 Å². The van der Waals surface area contributed by atoms with E-state index in [1.54, 1.807) is 0 Å². The van der Waals surface area contributed by atoms with E-state index < -0.39 is 0 Å². The van der Waals surface area contributed by atoms with Crippen molar-refractivity contribution in [2.45, 2.75) is 32.6 Å². The smallest absolute Gasteiger partial charge is 0.163 e. The average molecular weight is 188 g/mol. The van der Waals surface area contributed by atoms with E-state index in [4.69, 9.17) is 0 Å². The van der Waals surface area contributed by atoms with Crippen LogP contribution in [0.25, 0.3) is 0 Å². The van der Waals surface area contributed by atoms with E-state index >= 15 is 0 Å². The highest BCUT2D eigenvalue weighted by Crippen LogP contribution is 2.25. The lowest BCUT2D eigenvalue weighted by molar-refractivity contribution is 0.0962. The van der Waals surface area contributed by atoms with Gasteiger partial charge >= 0.3 is 0 Å². The van der Waals surface area contributed by atoms with E-state index in [2.05, 4.69) is 13.0 Å². The summed E-state index contributed by atoms with van der Waals surface area (Å²) in [6.07, 6.45) is 4.10. The van der Waals surface area contributed by atoms with Gasteiger partial charge in [0.1, 0.15) is 0 Å². The molecule has 74 valence electrons. The highest BCUT2D eigenvalue weighted by molar-refractivity contribution is 5.97. The van der Waals surface area contributed by atoms with Gasteiger partial charge < -0.3 is 0 Å². The first-order chi connectivity index (χ1) is 6.81. The summed E-state index contributed by atoms with van der Waals surface area (Å²) in [5.74, 6) is 0.930. The minimum absolute atomic E-state index is 0.338. The predicted molar refractivity (Wildman–Crippen MR) is 57.5 cm³/mol. The number of carbonyl (C=O) groups is 1. The first-order valence-corrected chi connectivity index (χ1v) is 5.42. The van der Waals surface area contributed by atoms with Crippen molar-refractivity contribution in [2.75, 3.05) is 0 Å². The molecule has 0 heterocycles. The molecule has 14 heavy (non-hydrogen) atoms. The van der Waals surface area contributed by atoms with Crippen molar-refractivity contribution in [3.8, 4) is 0 Å². The number of aryl methyl sites for hydroxylation is 1. The van der Waals surface area contributed by atoms with E-state index in [9.17, 15) is 4.79 Å². The minimum atomic E-state index is 0.338. The van der Waals surface area contributed by atoms with Gasteiger partial charge in [0.15, 0.2) is 5.78 Å². The van der Waals surface area contributed by atoms with Crippen LogP contribution in [0.3, 0.4) is 0 Å². The van der Waals surface area contributed by atoms with Crippen LogP contribution in [-0.4, -0.2) is 5.78 Å². The van der Waals surface area contributed by atoms with Crippen LogP contribution >= 0.6 is 0 Å². The van der Waals surface area contributed by atoms with E-state index in [-0.39, 0.29) is 0 Å². The Morgan fingerprint density at radius 2 is 2.14 bits per heavy atom. The van der Waals surface area contributed by atoms with E-state index in [0.29, 0.717) is 11.7 Å². The lowest BCUT2D eigenvalue weighted by Crippen LogP contribution is -2.04. The molecular formula is C13H16O. The number of rotatable bonds is 1. The van der Waals surface area contributed by atoms with Gasteiger partial charge in [0.25, 0.3) is 0 Å². The molecule has 0 fully saturated rings. The maximum absolute atomic E-state index is 11.9. The molecule has 0 saturated heterocycles. The third-order valence-corrected chi connectivity index (χ3v) is 3.19. The van der Waals surface area contributed by atoms with Crippen LogP contribution in [0.1, 0.15) is 42.1 Å². The van der Waals surface area contributed by atoms with Crippen molar-refractivity contribution in [1.29, 1.82) is 0 Å². The van der Waals surface area contributed by atoms with Crippen LogP contribution in [0.2, 0.25) is 0 Å². The average Bonchev–Trinajstić information content (AvgIpc) is 2.39. The van der Waals surface area contributed by atoms with Gasteiger partial charge in [-0.2, -0.15) is 0 Å². The second-order valence-electron chi connectivity index (χ2n) is 4.10. The van der Waals surface area contributed by atoms with E-state index in [1.807, 2.05) is 18.2 Å². The first-order valence-electron chi connectivity index (χ1n) is 5.42. The third kappa shape index (κ3) is 1.72. The zero-order valence-electron chi connectivity index (χ0n) is 8.62. The monoisotopic (exact) mass is 188 g/mol. The zero-order valence-corrected chi connectivity index (χ0v) is 8.62. The third-order valence-electron chi connectivity index (χ3n) is 3.19. The van der Waals surface area contributed by atoms with Gasteiger partial charge in [-0.05, 0) is 24.3 Å². The van der Waals surface area contributed by atoms with Gasteiger partial charge in [-0.1, -0.05) is 37.6 Å². The van der Waals surface area contributed by atoms with Crippen molar-refractivity contribution >= 4 is 5.78 Å². The fraction of sp³-hybridized carbons (Fsp3) is 0.462. The maximum Gasteiger partial charge on any atom is 0.163 e. The Balaban J connectivity index is 2.31. The summed E-state index contributed by atoms with van der Waals surface area (Å²) < 4.78 is 0. The highest BCUT2D eigenvalue weighted by atomic mass is 16.1. The summed E-state index contributed by atoms with van der Waals surface area (Å²) in [4.78, 5) is 11.9. The Kier molecular flexibility index (Phi) is 2.67. The van der Waals surface area contributed by atoms with Crippen molar-refractivity contribution in [2.24, 2.45) is 5.92 Å². The molecule has 0 spiro atoms. The van der Waals surface area contributed by atoms with Crippen LogP contribution in [0.5, 0.6) is 0 Å². The Bertz CT molecular complexity index is 341. The van der Waals surface area contributed by atoms with Crippen LogP contribution < -0.4 is 0 Å². The van der Waals surface area contributed by atoms with Crippen molar-refractivity contribution in [1.82, 2.24) is 0 Å². The van der Waals surface area contributed by atoms with Gasteiger partial charge in [-0.25, -0.2) is 0 Å². The molecule has 0 radical (unpaired) electrons. The van der Waals surface area contributed by atoms with E-state index in [0.717, 1.165) is 24.8 Å². The lowest BCUT2D eigenvalue weighted by atomic mass is 9.96. The molecule has 1 atom stereocenters. The predicted octanol–water partition coefficient (Wildman–Crippen LogP) is 3.23. The molecule has 1 unspecified atom stereocenters. The zero-order chi connectivity index (χ0) is 9.97. The molecule has 0 N–H and O–H groups in total. The number of hydrogen-bond acceptors (Lipinski definition) is 1. The molecule has 0 amide bonds. The molecule has 1 aromatic rings. The standard InChI is InChI=1S/C13H16O/c1-2-10-7-8-11-5-3-4-6-12(11)13(14)9-10/h3-6,10H,2,7-9H2,1H3. The number of fused-ring (bicyclic) bond motifs is 1. The summed E-state index contributed by atoms with van der Waals surface area (Å²) in [5.41, 5.74) is 2.21. The van der Waals surface area contributed by atoms with Crippen molar-refractivity contribution in [3.63, 3.8) is 0 Å². The summed E-state index contributed by atoms with van der Waals surface area (Å²) in [6.45, 7) is 2.17. The molecule has 1 heteroatoms. The summed E-state index contributed by atoms with van der Waals surface area (Å²) in [5, 5.41) is 0. The second kappa shape index (κ2) is 3.95. The summed E-state index contributed by atoms with van der Waals surface area (Å²) in [7, 11) is 0. The van der Waals surface area contributed by atoms with Gasteiger partial charge in [0.2, 0.25) is 0 Å². The largest absolute Gasteiger partial charge is 0.294 e. The molecule has 1 aliphatic carbocycles. The van der Waals surface area contributed by atoms with Crippen molar-refractivity contribution in [3.05, 3.63) is 35.4 Å². The topological polar surface area (TPSA) is 17.1 Å². The van der Waals surface area contributed by atoms with Gasteiger partial charge in [0.05, 0.1) is 0 Å². The number of hydrogen-bond donors (Lipinski definition) is 0. The Hall–Kier alpha value is -1.11. The molecule has 0 bridgehead atoms. The molecule has 0 saturated carbocycles. The van der Waals surface area contributed by atoms with Gasteiger partial charge in [-0.3, -0.25) is 4.79 Å². The quantitative estimate of drug-likeness (QED) is 0.618. The van der Waals surface area contributed by atoms with Crippen LogP contribution in [0.4, 0.5) is 0 Å². The number of Topliss-reactive ketones (excluding diaryl/α,β-unsaturated/α-hetero) is 1. The number of ketones is 1. The Labute approximate surface area is 85.1 Å². The Morgan fingerprint density at radius 1 is 1.36 bits per heavy atom. The molecule has 1 aromatic carbocycles. The Morgan fingerprint density at radius 3 is 2.93 bits per heavy atom. The molecule has 0 aliphatic heterocycles.